The summed E-state index contributed by atoms with van der Waals surface area (Å²) in [6.45, 7) is 4.66. The Labute approximate surface area is 153 Å². The molecule has 1 aliphatic carbocycles. The van der Waals surface area contributed by atoms with Gasteiger partial charge in [0.05, 0.1) is 6.10 Å². The fourth-order valence-electron chi connectivity index (χ4n) is 4.36. The van der Waals surface area contributed by atoms with Gasteiger partial charge in [-0.3, -0.25) is 5.10 Å². The Morgan fingerprint density at radius 1 is 1.31 bits per heavy atom. The number of aromatic amines is 1. The van der Waals surface area contributed by atoms with Crippen LogP contribution in [0, 0.1) is 19.3 Å². The number of furan rings is 1. The van der Waals surface area contributed by atoms with E-state index in [0.717, 1.165) is 43.4 Å². The maximum atomic E-state index is 13.1. The molecule has 1 saturated carbocycles. The lowest BCUT2D eigenvalue weighted by molar-refractivity contribution is 0.0124. The van der Waals surface area contributed by atoms with E-state index in [9.17, 15) is 13.5 Å². The highest BCUT2D eigenvalue weighted by Gasteiger charge is 2.47. The second kappa shape index (κ2) is 6.21. The van der Waals surface area contributed by atoms with Crippen molar-refractivity contribution in [1.82, 2.24) is 14.5 Å². The van der Waals surface area contributed by atoms with Crippen molar-refractivity contribution in [3.63, 3.8) is 0 Å². The maximum absolute atomic E-state index is 13.1. The summed E-state index contributed by atoms with van der Waals surface area (Å²) in [5, 5.41) is 17.4. The summed E-state index contributed by atoms with van der Waals surface area (Å²) in [6.07, 6.45) is 3.84. The Morgan fingerprint density at radius 3 is 2.73 bits per heavy atom. The highest BCUT2D eigenvalue weighted by Crippen LogP contribution is 2.46. The first-order valence-electron chi connectivity index (χ1n) is 9.13. The zero-order chi connectivity index (χ0) is 18.5. The molecular weight excluding hydrogens is 354 g/mol. The van der Waals surface area contributed by atoms with Crippen LogP contribution >= 0.6 is 0 Å². The van der Waals surface area contributed by atoms with Gasteiger partial charge in [-0.15, -0.1) is 0 Å². The average molecular weight is 379 g/mol. The topological polar surface area (TPSA) is 99.4 Å². The van der Waals surface area contributed by atoms with Gasteiger partial charge in [-0.2, -0.15) is 9.40 Å². The number of rotatable bonds is 3. The number of aryl methyl sites for hydroxylation is 1. The number of aliphatic hydroxyl groups is 1. The molecule has 2 aliphatic rings. The third-order valence-electron chi connectivity index (χ3n) is 6.09. The van der Waals surface area contributed by atoms with Crippen molar-refractivity contribution in [2.45, 2.75) is 57.1 Å². The minimum atomic E-state index is -3.72. The van der Waals surface area contributed by atoms with E-state index in [1.165, 1.54) is 10.4 Å². The van der Waals surface area contributed by atoms with Gasteiger partial charge in [-0.05, 0) is 51.7 Å². The molecule has 3 heterocycles. The number of hydrogen-bond acceptors (Lipinski definition) is 5. The lowest BCUT2D eigenvalue weighted by atomic mass is 9.77. The van der Waals surface area contributed by atoms with Crippen LogP contribution in [-0.4, -0.2) is 47.2 Å². The van der Waals surface area contributed by atoms with E-state index in [0.29, 0.717) is 24.5 Å². The molecule has 0 aromatic carbocycles. The highest BCUT2D eigenvalue weighted by atomic mass is 32.2. The van der Waals surface area contributed by atoms with Crippen LogP contribution < -0.4 is 0 Å². The van der Waals surface area contributed by atoms with Crippen molar-refractivity contribution >= 4 is 10.0 Å². The van der Waals surface area contributed by atoms with Gasteiger partial charge in [0, 0.05) is 29.8 Å². The molecule has 4 rings (SSSR count). The summed E-state index contributed by atoms with van der Waals surface area (Å²) < 4.78 is 33.3. The van der Waals surface area contributed by atoms with Gasteiger partial charge in [0.2, 0.25) is 5.09 Å². The summed E-state index contributed by atoms with van der Waals surface area (Å²) in [7, 11) is -3.72. The van der Waals surface area contributed by atoms with Crippen molar-refractivity contribution in [3.05, 3.63) is 23.4 Å². The summed E-state index contributed by atoms with van der Waals surface area (Å²) in [4.78, 5) is 0. The minimum absolute atomic E-state index is 0.0583. The minimum Gasteiger partial charge on any atom is -0.442 e. The molecule has 2 atom stereocenters. The van der Waals surface area contributed by atoms with Crippen LogP contribution in [0.2, 0.25) is 0 Å². The van der Waals surface area contributed by atoms with Crippen LogP contribution in [-0.2, 0) is 10.0 Å². The first-order valence-corrected chi connectivity index (χ1v) is 10.6. The molecule has 7 nitrogen and oxygen atoms in total. The zero-order valence-electron chi connectivity index (χ0n) is 15.2. The number of piperidine rings is 1. The van der Waals surface area contributed by atoms with Crippen LogP contribution in [0.1, 0.15) is 43.4 Å². The number of aromatic nitrogens is 2. The van der Waals surface area contributed by atoms with Gasteiger partial charge >= 0.3 is 0 Å². The normalized spacial score (nSPS) is 27.4. The molecule has 0 bridgehead atoms. The van der Waals surface area contributed by atoms with E-state index in [1.807, 2.05) is 13.8 Å². The van der Waals surface area contributed by atoms with E-state index in [4.69, 9.17) is 4.42 Å². The highest BCUT2D eigenvalue weighted by molar-refractivity contribution is 7.89. The van der Waals surface area contributed by atoms with Crippen LogP contribution in [0.25, 0.3) is 11.5 Å². The summed E-state index contributed by atoms with van der Waals surface area (Å²) in [5.74, 6) is 0.443. The molecule has 1 spiro atoms. The predicted molar refractivity (Wildman–Crippen MR) is 96.0 cm³/mol. The fraction of sp³-hybridized carbons (Fsp3) is 0.611. The molecule has 2 aromatic rings. The molecule has 0 radical (unpaired) electrons. The number of H-pyrrole nitrogens is 1. The number of nitrogens with zero attached hydrogens (tertiary/aromatic N) is 2. The standard InChI is InChI=1S/C18H25N3O4S/c1-12-13(2)19-20-17(12)14-6-7-16(25-14)26(23,24)21-10-4-9-18(11-21)8-3-5-15(18)22/h6-7,15,22H,3-5,8-11H2,1-2H3,(H,19,20)/t15-,18-/m1/s1. The lowest BCUT2D eigenvalue weighted by Crippen LogP contribution is -2.49. The maximum Gasteiger partial charge on any atom is 0.276 e. The van der Waals surface area contributed by atoms with E-state index in [-0.39, 0.29) is 10.5 Å². The first-order chi connectivity index (χ1) is 12.3. The fourth-order valence-corrected chi connectivity index (χ4v) is 5.84. The van der Waals surface area contributed by atoms with Gasteiger partial charge in [0.25, 0.3) is 10.0 Å². The summed E-state index contributed by atoms with van der Waals surface area (Å²) in [5.41, 5.74) is 2.20. The van der Waals surface area contributed by atoms with E-state index in [2.05, 4.69) is 10.2 Å². The molecule has 2 aromatic heterocycles. The molecule has 142 valence electrons. The third-order valence-corrected chi connectivity index (χ3v) is 7.81. The summed E-state index contributed by atoms with van der Waals surface area (Å²) >= 11 is 0. The van der Waals surface area contributed by atoms with Crippen molar-refractivity contribution in [3.8, 4) is 11.5 Å². The second-order valence-corrected chi connectivity index (χ2v) is 9.52. The Bertz CT molecular complexity index is 917. The first kappa shape index (κ1) is 17.8. The van der Waals surface area contributed by atoms with Gasteiger partial charge in [0.1, 0.15) is 5.69 Å². The van der Waals surface area contributed by atoms with Crippen LogP contribution in [0.4, 0.5) is 0 Å². The number of sulfonamides is 1. The molecule has 8 heteroatoms. The van der Waals surface area contributed by atoms with Crippen molar-refractivity contribution in [1.29, 1.82) is 0 Å². The van der Waals surface area contributed by atoms with Gasteiger partial charge in [-0.25, -0.2) is 8.42 Å². The van der Waals surface area contributed by atoms with Crippen molar-refractivity contribution < 1.29 is 17.9 Å². The van der Waals surface area contributed by atoms with E-state index >= 15 is 0 Å². The molecule has 1 aliphatic heterocycles. The van der Waals surface area contributed by atoms with Crippen LogP contribution in [0.3, 0.4) is 0 Å². The predicted octanol–water partition coefficient (Wildman–Crippen LogP) is 2.60. The average Bonchev–Trinajstić information content (AvgIpc) is 3.31. The summed E-state index contributed by atoms with van der Waals surface area (Å²) in [6, 6.07) is 3.15. The van der Waals surface area contributed by atoms with Gasteiger partial charge < -0.3 is 9.52 Å². The number of aliphatic hydroxyl groups excluding tert-OH is 1. The number of nitrogens with one attached hydrogen (secondary N) is 1. The van der Waals surface area contributed by atoms with Crippen LogP contribution in [0.15, 0.2) is 21.6 Å². The van der Waals surface area contributed by atoms with Gasteiger partial charge in [-0.1, -0.05) is 6.42 Å². The molecule has 26 heavy (non-hydrogen) atoms. The molecule has 2 fully saturated rings. The molecule has 0 unspecified atom stereocenters. The third kappa shape index (κ3) is 2.71. The Kier molecular flexibility index (Phi) is 4.24. The SMILES string of the molecule is Cc1[nH]nc(-c2ccc(S(=O)(=O)N3CCC[C@]4(CCC[C@H]4O)C3)o2)c1C. The smallest absolute Gasteiger partial charge is 0.276 e. The van der Waals surface area contributed by atoms with E-state index in [1.54, 1.807) is 6.07 Å². The van der Waals surface area contributed by atoms with Crippen molar-refractivity contribution in [2.24, 2.45) is 5.41 Å². The van der Waals surface area contributed by atoms with Crippen LogP contribution in [0.5, 0.6) is 0 Å². The van der Waals surface area contributed by atoms with Gasteiger partial charge in [0.15, 0.2) is 5.76 Å². The molecule has 1 saturated heterocycles. The number of hydrogen-bond donors (Lipinski definition) is 2. The van der Waals surface area contributed by atoms with Crippen molar-refractivity contribution in [2.75, 3.05) is 13.1 Å². The monoisotopic (exact) mass is 379 g/mol. The Balaban J connectivity index is 1.62. The second-order valence-electron chi connectivity index (χ2n) is 7.65. The quantitative estimate of drug-likeness (QED) is 0.854. The Morgan fingerprint density at radius 2 is 2.08 bits per heavy atom. The molecular formula is C18H25N3O4S. The lowest BCUT2D eigenvalue weighted by Gasteiger charge is -2.41. The largest absolute Gasteiger partial charge is 0.442 e. The molecule has 2 N–H and O–H groups in total. The Hall–Kier alpha value is -1.64. The van der Waals surface area contributed by atoms with E-state index < -0.39 is 16.1 Å². The zero-order valence-corrected chi connectivity index (χ0v) is 16.0. The molecule has 0 amide bonds.